The van der Waals surface area contributed by atoms with Crippen molar-refractivity contribution in [1.82, 2.24) is 4.90 Å². The Morgan fingerprint density at radius 2 is 1.92 bits per heavy atom. The molecule has 0 fully saturated rings. The highest BCUT2D eigenvalue weighted by Gasteiger charge is 2.35. The van der Waals surface area contributed by atoms with Crippen LogP contribution >= 0.6 is 0 Å². The smallest absolute Gasteiger partial charge is 0.271 e. The van der Waals surface area contributed by atoms with Crippen LogP contribution in [0.15, 0.2) is 53.4 Å². The van der Waals surface area contributed by atoms with Crippen molar-refractivity contribution in [1.29, 1.82) is 0 Å². The molecule has 0 N–H and O–H groups in total. The van der Waals surface area contributed by atoms with Crippen LogP contribution in [0, 0.1) is 10.1 Å². The molecule has 0 aromatic heterocycles. The van der Waals surface area contributed by atoms with E-state index in [1.807, 2.05) is 19.0 Å². The highest BCUT2D eigenvalue weighted by molar-refractivity contribution is 7.92. The predicted molar refractivity (Wildman–Crippen MR) is 97.0 cm³/mol. The molecule has 0 aliphatic carbocycles. The van der Waals surface area contributed by atoms with Crippen molar-refractivity contribution in [2.24, 2.45) is 0 Å². The molecular formula is C17H19N3O5S. The Morgan fingerprint density at radius 1 is 1.23 bits per heavy atom. The van der Waals surface area contributed by atoms with Crippen LogP contribution in [0.1, 0.15) is 0 Å². The van der Waals surface area contributed by atoms with Crippen LogP contribution in [0.5, 0.6) is 5.75 Å². The average Bonchev–Trinajstić information content (AvgIpc) is 2.60. The number of rotatable bonds is 5. The van der Waals surface area contributed by atoms with Gasteiger partial charge in [-0.3, -0.25) is 14.4 Å². The maximum absolute atomic E-state index is 13.1. The fraction of sp³-hybridized carbons (Fsp3) is 0.294. The Morgan fingerprint density at radius 3 is 2.54 bits per heavy atom. The van der Waals surface area contributed by atoms with E-state index >= 15 is 0 Å². The van der Waals surface area contributed by atoms with Gasteiger partial charge >= 0.3 is 0 Å². The molecule has 1 atom stereocenters. The lowest BCUT2D eigenvalue weighted by Crippen LogP contribution is -2.47. The first-order chi connectivity index (χ1) is 12.3. The molecule has 26 heavy (non-hydrogen) atoms. The molecule has 0 radical (unpaired) electrons. The topological polar surface area (TPSA) is 93.0 Å². The number of nitro groups is 1. The number of likely N-dealkylation sites (N-methyl/N-ethyl adjacent to an activating group) is 1. The van der Waals surface area contributed by atoms with E-state index in [9.17, 15) is 18.5 Å². The Balaban J connectivity index is 2.10. The van der Waals surface area contributed by atoms with Crippen LogP contribution in [0.25, 0.3) is 0 Å². The molecule has 8 nitrogen and oxygen atoms in total. The predicted octanol–water partition coefficient (Wildman–Crippen LogP) is 2.11. The molecule has 0 amide bonds. The fourth-order valence-electron chi connectivity index (χ4n) is 2.86. The second kappa shape index (κ2) is 6.93. The molecule has 2 aromatic rings. The van der Waals surface area contributed by atoms with E-state index in [4.69, 9.17) is 4.74 Å². The summed E-state index contributed by atoms with van der Waals surface area (Å²) >= 11 is 0. The number of ether oxygens (including phenoxy) is 1. The fourth-order valence-corrected chi connectivity index (χ4v) is 4.38. The standard InChI is InChI=1S/C17H19N3O5S/c1-18(2)11-14-12-19(26(23,24)15-6-4-3-5-7-15)16-10-13(20(21)22)8-9-17(16)25-14/h3-10,14H,11-12H2,1-2H3. The first-order valence-corrected chi connectivity index (χ1v) is 9.40. The van der Waals surface area contributed by atoms with Crippen LogP contribution in [-0.4, -0.2) is 51.5 Å². The molecule has 1 unspecified atom stereocenters. The average molecular weight is 377 g/mol. The van der Waals surface area contributed by atoms with E-state index in [-0.39, 0.29) is 22.8 Å². The maximum Gasteiger partial charge on any atom is 0.271 e. The third kappa shape index (κ3) is 3.49. The molecule has 1 aliphatic heterocycles. The van der Waals surface area contributed by atoms with Gasteiger partial charge in [0.2, 0.25) is 0 Å². The van der Waals surface area contributed by atoms with Gasteiger partial charge in [0.15, 0.2) is 0 Å². The highest BCUT2D eigenvalue weighted by atomic mass is 32.2. The second-order valence-electron chi connectivity index (χ2n) is 6.26. The van der Waals surface area contributed by atoms with Gasteiger partial charge in [-0.05, 0) is 32.3 Å². The molecule has 1 heterocycles. The summed E-state index contributed by atoms with van der Waals surface area (Å²) in [7, 11) is -0.143. The number of anilines is 1. The van der Waals surface area contributed by atoms with Crippen LogP contribution in [0.2, 0.25) is 0 Å². The number of nitrogens with zero attached hydrogens (tertiary/aromatic N) is 3. The molecule has 0 bridgehead atoms. The summed E-state index contributed by atoms with van der Waals surface area (Å²) in [6, 6.07) is 12.0. The van der Waals surface area contributed by atoms with Gasteiger partial charge in [0.25, 0.3) is 15.7 Å². The van der Waals surface area contributed by atoms with Crippen LogP contribution < -0.4 is 9.04 Å². The summed E-state index contributed by atoms with van der Waals surface area (Å²) in [5, 5.41) is 11.1. The first-order valence-electron chi connectivity index (χ1n) is 7.96. The van der Waals surface area contributed by atoms with E-state index in [0.29, 0.717) is 12.3 Å². The molecule has 0 saturated carbocycles. The minimum absolute atomic E-state index is 0.0730. The number of hydrogen-bond donors (Lipinski definition) is 0. The van der Waals surface area contributed by atoms with Gasteiger partial charge in [-0.2, -0.15) is 0 Å². The summed E-state index contributed by atoms with van der Waals surface area (Å²) in [6.45, 7) is 0.584. The van der Waals surface area contributed by atoms with Gasteiger partial charge in [0.1, 0.15) is 17.5 Å². The van der Waals surface area contributed by atoms with Gasteiger partial charge < -0.3 is 9.64 Å². The Bertz CT molecular complexity index is 915. The molecule has 0 saturated heterocycles. The number of nitro benzene ring substituents is 1. The van der Waals surface area contributed by atoms with Crippen molar-refractivity contribution < 1.29 is 18.1 Å². The van der Waals surface area contributed by atoms with Crippen molar-refractivity contribution in [2.45, 2.75) is 11.0 Å². The van der Waals surface area contributed by atoms with E-state index < -0.39 is 21.1 Å². The number of non-ortho nitro benzene ring substituents is 1. The van der Waals surface area contributed by atoms with E-state index in [1.165, 1.54) is 34.6 Å². The second-order valence-corrected chi connectivity index (χ2v) is 8.12. The zero-order chi connectivity index (χ0) is 18.9. The van der Waals surface area contributed by atoms with Crippen molar-refractivity contribution in [3.63, 3.8) is 0 Å². The summed E-state index contributed by atoms with van der Waals surface area (Å²) in [5.41, 5.74) is -0.00951. The van der Waals surface area contributed by atoms with Gasteiger partial charge in [-0.25, -0.2) is 8.42 Å². The molecule has 0 spiro atoms. The van der Waals surface area contributed by atoms with Crippen LogP contribution in [0.4, 0.5) is 11.4 Å². The number of fused-ring (bicyclic) bond motifs is 1. The molecule has 1 aliphatic rings. The highest BCUT2D eigenvalue weighted by Crippen LogP contribution is 2.39. The summed E-state index contributed by atoms with van der Waals surface area (Å²) in [6.07, 6.45) is -0.391. The summed E-state index contributed by atoms with van der Waals surface area (Å²) < 4.78 is 33.4. The van der Waals surface area contributed by atoms with Crippen LogP contribution in [-0.2, 0) is 10.0 Å². The molecule has 9 heteroatoms. The number of sulfonamides is 1. The number of hydrogen-bond acceptors (Lipinski definition) is 6. The van der Waals surface area contributed by atoms with Crippen molar-refractivity contribution >= 4 is 21.4 Å². The van der Waals surface area contributed by atoms with Gasteiger partial charge in [-0.1, -0.05) is 18.2 Å². The normalized spacial score (nSPS) is 16.9. The van der Waals surface area contributed by atoms with Crippen LogP contribution in [0.3, 0.4) is 0 Å². The Hall–Kier alpha value is -2.65. The van der Waals surface area contributed by atoms with Crippen molar-refractivity contribution in [2.75, 3.05) is 31.5 Å². The lowest BCUT2D eigenvalue weighted by molar-refractivity contribution is -0.384. The first kappa shape index (κ1) is 18.2. The lowest BCUT2D eigenvalue weighted by atomic mass is 10.2. The monoisotopic (exact) mass is 377 g/mol. The maximum atomic E-state index is 13.1. The van der Waals surface area contributed by atoms with Gasteiger partial charge in [0, 0.05) is 18.7 Å². The third-order valence-electron chi connectivity index (χ3n) is 3.99. The largest absolute Gasteiger partial charge is 0.485 e. The van der Waals surface area contributed by atoms with E-state index in [0.717, 1.165) is 0 Å². The van der Waals surface area contributed by atoms with E-state index in [1.54, 1.807) is 18.2 Å². The molecule has 138 valence electrons. The zero-order valence-electron chi connectivity index (χ0n) is 14.4. The molecular weight excluding hydrogens is 358 g/mol. The minimum Gasteiger partial charge on any atom is -0.485 e. The Kier molecular flexibility index (Phi) is 4.84. The van der Waals surface area contributed by atoms with E-state index in [2.05, 4.69) is 0 Å². The molecule has 3 rings (SSSR count). The Labute approximate surface area is 151 Å². The summed E-state index contributed by atoms with van der Waals surface area (Å²) in [5.74, 6) is 0.313. The quantitative estimate of drug-likeness (QED) is 0.585. The number of benzene rings is 2. The summed E-state index contributed by atoms with van der Waals surface area (Å²) in [4.78, 5) is 12.6. The third-order valence-corrected chi connectivity index (χ3v) is 5.78. The van der Waals surface area contributed by atoms with Crippen molar-refractivity contribution in [3.8, 4) is 5.75 Å². The minimum atomic E-state index is -3.87. The van der Waals surface area contributed by atoms with Gasteiger partial charge in [0.05, 0.1) is 16.4 Å². The SMILES string of the molecule is CN(C)CC1CN(S(=O)(=O)c2ccccc2)c2cc([N+](=O)[O-])ccc2O1. The molecule has 2 aromatic carbocycles. The lowest BCUT2D eigenvalue weighted by Gasteiger charge is -2.36. The van der Waals surface area contributed by atoms with Gasteiger partial charge in [-0.15, -0.1) is 0 Å². The zero-order valence-corrected chi connectivity index (χ0v) is 15.2. The van der Waals surface area contributed by atoms with Crippen molar-refractivity contribution in [3.05, 3.63) is 58.6 Å².